The molecule has 8 heteroatoms. The molecular weight excluding hydrogens is 358 g/mol. The predicted octanol–water partition coefficient (Wildman–Crippen LogP) is 2.17. The van der Waals surface area contributed by atoms with Crippen LogP contribution < -0.4 is 5.32 Å². The van der Waals surface area contributed by atoms with Crippen molar-refractivity contribution >= 4 is 11.7 Å². The summed E-state index contributed by atoms with van der Waals surface area (Å²) in [6.45, 7) is 6.85. The third kappa shape index (κ3) is 5.24. The molecule has 0 aromatic carbocycles. The summed E-state index contributed by atoms with van der Waals surface area (Å²) in [5, 5.41) is 7.48. The molecule has 8 nitrogen and oxygen atoms in total. The first-order valence-electron chi connectivity index (χ1n) is 10.8. The molecule has 156 valence electrons. The van der Waals surface area contributed by atoms with Gasteiger partial charge >= 0.3 is 6.03 Å². The van der Waals surface area contributed by atoms with E-state index in [0.29, 0.717) is 12.6 Å². The Hall–Kier alpha value is -1.64. The number of carbonyl (C=O) groups excluding carboxylic acids is 1. The summed E-state index contributed by atoms with van der Waals surface area (Å²) in [6, 6.07) is 0.315. The van der Waals surface area contributed by atoms with Crippen LogP contribution in [0.25, 0.3) is 0 Å². The van der Waals surface area contributed by atoms with Gasteiger partial charge in [0.25, 0.3) is 0 Å². The van der Waals surface area contributed by atoms with Gasteiger partial charge in [-0.3, -0.25) is 9.58 Å². The maximum atomic E-state index is 13.0. The third-order valence-electron chi connectivity index (χ3n) is 6.08. The summed E-state index contributed by atoms with van der Waals surface area (Å²) in [5.74, 6) is 0. The summed E-state index contributed by atoms with van der Waals surface area (Å²) < 4.78 is 13.1. The Balaban J connectivity index is 1.30. The maximum absolute atomic E-state index is 13.0. The topological polar surface area (TPSA) is 71.9 Å². The number of hydrogen-bond donors (Lipinski definition) is 1. The third-order valence-corrected chi connectivity index (χ3v) is 6.08. The lowest BCUT2D eigenvalue weighted by Gasteiger charge is -2.31. The maximum Gasteiger partial charge on any atom is 0.322 e. The number of amides is 2. The van der Waals surface area contributed by atoms with Crippen molar-refractivity contribution in [3.63, 3.8) is 0 Å². The summed E-state index contributed by atoms with van der Waals surface area (Å²) >= 11 is 0. The molecule has 3 heterocycles. The molecular formula is C20H33N5O3. The summed E-state index contributed by atoms with van der Waals surface area (Å²) in [7, 11) is 0. The molecule has 1 saturated carbocycles. The number of anilines is 1. The van der Waals surface area contributed by atoms with Crippen LogP contribution in [-0.2, 0) is 16.0 Å². The van der Waals surface area contributed by atoms with Crippen LogP contribution in [0.15, 0.2) is 12.4 Å². The minimum Gasteiger partial charge on any atom is -0.379 e. The molecule has 1 N–H and O–H groups in total. The zero-order chi connectivity index (χ0) is 19.2. The highest BCUT2D eigenvalue weighted by Crippen LogP contribution is 2.26. The average Bonchev–Trinajstić information content (AvgIpc) is 3.48. The van der Waals surface area contributed by atoms with Gasteiger partial charge in [-0.1, -0.05) is 12.8 Å². The van der Waals surface area contributed by atoms with Crippen LogP contribution in [0.3, 0.4) is 0 Å². The van der Waals surface area contributed by atoms with Crippen LogP contribution in [0, 0.1) is 0 Å². The highest BCUT2D eigenvalue weighted by molar-refractivity contribution is 5.89. The number of nitrogens with one attached hydrogen (secondary N) is 1. The zero-order valence-corrected chi connectivity index (χ0v) is 16.7. The highest BCUT2D eigenvalue weighted by Gasteiger charge is 2.30. The molecule has 4 rings (SSSR count). The Bertz CT molecular complexity index is 619. The van der Waals surface area contributed by atoms with Crippen LogP contribution in [0.1, 0.15) is 38.5 Å². The fourth-order valence-electron chi connectivity index (χ4n) is 4.44. The molecule has 0 radical (unpaired) electrons. The van der Waals surface area contributed by atoms with Crippen molar-refractivity contribution < 1.29 is 14.3 Å². The van der Waals surface area contributed by atoms with Crippen molar-refractivity contribution in [3.8, 4) is 0 Å². The van der Waals surface area contributed by atoms with Gasteiger partial charge in [-0.05, 0) is 25.7 Å². The summed E-state index contributed by atoms with van der Waals surface area (Å²) in [4.78, 5) is 17.4. The van der Waals surface area contributed by atoms with E-state index in [4.69, 9.17) is 9.47 Å². The minimum absolute atomic E-state index is 0.0184. The van der Waals surface area contributed by atoms with E-state index < -0.39 is 0 Å². The normalized spacial score (nSPS) is 23.9. The second kappa shape index (κ2) is 9.71. The summed E-state index contributed by atoms with van der Waals surface area (Å²) in [5.41, 5.74) is 0.766. The zero-order valence-electron chi connectivity index (χ0n) is 16.7. The van der Waals surface area contributed by atoms with E-state index in [1.807, 2.05) is 15.8 Å². The first kappa shape index (κ1) is 19.7. The summed E-state index contributed by atoms with van der Waals surface area (Å²) in [6.07, 6.45) is 10.6. The molecule has 2 aliphatic heterocycles. The lowest BCUT2D eigenvalue weighted by atomic mass is 10.1. The quantitative estimate of drug-likeness (QED) is 0.771. The molecule has 0 spiro atoms. The van der Waals surface area contributed by atoms with Gasteiger partial charge in [-0.15, -0.1) is 0 Å². The SMILES string of the molecule is O=C(Nc1cnn(CCN2CCOCC2)c1)N(C[C@H]1CCCO1)C1CCCC1. The molecule has 1 aromatic heterocycles. The number of ether oxygens (including phenoxy) is 2. The smallest absolute Gasteiger partial charge is 0.322 e. The van der Waals surface area contributed by atoms with Crippen molar-refractivity contribution in [2.45, 2.75) is 57.2 Å². The fourth-order valence-corrected chi connectivity index (χ4v) is 4.44. The number of morpholine rings is 1. The number of rotatable bonds is 7. The molecule has 2 amide bonds. The first-order chi connectivity index (χ1) is 13.8. The monoisotopic (exact) mass is 391 g/mol. The Morgan fingerprint density at radius 3 is 2.71 bits per heavy atom. The number of urea groups is 1. The molecule has 3 aliphatic rings. The fraction of sp³-hybridized carbons (Fsp3) is 0.800. The van der Waals surface area contributed by atoms with Gasteiger partial charge in [0.15, 0.2) is 0 Å². The van der Waals surface area contributed by atoms with E-state index in [1.165, 1.54) is 12.8 Å². The van der Waals surface area contributed by atoms with Crippen molar-refractivity contribution in [1.29, 1.82) is 0 Å². The van der Waals surface area contributed by atoms with Gasteiger partial charge in [-0.25, -0.2) is 4.79 Å². The van der Waals surface area contributed by atoms with E-state index in [2.05, 4.69) is 15.3 Å². The minimum atomic E-state index is -0.0184. The molecule has 0 bridgehead atoms. The van der Waals surface area contributed by atoms with Gasteiger partial charge in [0, 0.05) is 45.0 Å². The van der Waals surface area contributed by atoms with Crippen molar-refractivity contribution in [1.82, 2.24) is 19.6 Å². The lowest BCUT2D eigenvalue weighted by molar-refractivity contribution is 0.0360. The van der Waals surface area contributed by atoms with Gasteiger partial charge in [0.2, 0.25) is 0 Å². The van der Waals surface area contributed by atoms with E-state index in [-0.39, 0.29) is 12.1 Å². The van der Waals surface area contributed by atoms with E-state index >= 15 is 0 Å². The molecule has 28 heavy (non-hydrogen) atoms. The van der Waals surface area contributed by atoms with Gasteiger partial charge in [0.05, 0.1) is 37.7 Å². The lowest BCUT2D eigenvalue weighted by Crippen LogP contribution is -2.45. The number of hydrogen-bond acceptors (Lipinski definition) is 5. The van der Waals surface area contributed by atoms with Gasteiger partial charge in [-0.2, -0.15) is 5.10 Å². The Kier molecular flexibility index (Phi) is 6.82. The van der Waals surface area contributed by atoms with Crippen LogP contribution >= 0.6 is 0 Å². The molecule has 3 fully saturated rings. The van der Waals surface area contributed by atoms with E-state index in [0.717, 1.165) is 77.4 Å². The van der Waals surface area contributed by atoms with Crippen molar-refractivity contribution in [2.24, 2.45) is 0 Å². The Morgan fingerprint density at radius 1 is 1.14 bits per heavy atom. The van der Waals surface area contributed by atoms with Crippen LogP contribution in [-0.4, -0.2) is 83.8 Å². The van der Waals surface area contributed by atoms with Crippen LogP contribution in [0.4, 0.5) is 10.5 Å². The van der Waals surface area contributed by atoms with Crippen molar-refractivity contribution in [2.75, 3.05) is 51.3 Å². The number of carbonyl (C=O) groups is 1. The highest BCUT2D eigenvalue weighted by atomic mass is 16.5. The second-order valence-corrected chi connectivity index (χ2v) is 8.10. The van der Waals surface area contributed by atoms with E-state index in [1.54, 1.807) is 6.20 Å². The van der Waals surface area contributed by atoms with Gasteiger partial charge < -0.3 is 19.7 Å². The van der Waals surface area contributed by atoms with E-state index in [9.17, 15) is 4.79 Å². The molecule has 2 saturated heterocycles. The van der Waals surface area contributed by atoms with Crippen LogP contribution in [0.2, 0.25) is 0 Å². The number of nitrogens with zero attached hydrogens (tertiary/aromatic N) is 4. The van der Waals surface area contributed by atoms with Gasteiger partial charge in [0.1, 0.15) is 0 Å². The standard InChI is InChI=1S/C20H33N5O3/c26-20(25(18-4-1-2-5-18)16-19-6-3-11-28-19)22-17-14-21-24(15-17)8-7-23-9-12-27-13-10-23/h14-15,18-19H,1-13,16H2,(H,22,26)/t19-/m1/s1. The van der Waals surface area contributed by atoms with Crippen LogP contribution in [0.5, 0.6) is 0 Å². The second-order valence-electron chi connectivity index (χ2n) is 8.10. The molecule has 1 aromatic rings. The average molecular weight is 392 g/mol. The first-order valence-corrected chi connectivity index (χ1v) is 10.8. The molecule has 1 aliphatic carbocycles. The number of aromatic nitrogens is 2. The Morgan fingerprint density at radius 2 is 1.96 bits per heavy atom. The predicted molar refractivity (Wildman–Crippen MR) is 106 cm³/mol. The van der Waals surface area contributed by atoms with Crippen molar-refractivity contribution in [3.05, 3.63) is 12.4 Å². The molecule has 0 unspecified atom stereocenters. The Labute approximate surface area is 167 Å². The molecule has 1 atom stereocenters. The largest absolute Gasteiger partial charge is 0.379 e.